The molecule has 1 aromatic heterocycles. The zero-order valence-corrected chi connectivity index (χ0v) is 10.0. The van der Waals surface area contributed by atoms with Crippen molar-refractivity contribution in [2.24, 2.45) is 0 Å². The van der Waals surface area contributed by atoms with Gasteiger partial charge in [-0.25, -0.2) is 9.37 Å². The van der Waals surface area contributed by atoms with Gasteiger partial charge in [-0.3, -0.25) is 0 Å². The third-order valence-electron chi connectivity index (χ3n) is 2.80. The lowest BCUT2D eigenvalue weighted by Crippen LogP contribution is -2.51. The van der Waals surface area contributed by atoms with Crippen LogP contribution in [0.5, 0.6) is 11.6 Å². The highest BCUT2D eigenvalue weighted by atomic mass is 19.1. The van der Waals surface area contributed by atoms with Crippen molar-refractivity contribution in [3.05, 3.63) is 42.3 Å². The maximum atomic E-state index is 12.8. The summed E-state index contributed by atoms with van der Waals surface area (Å²) in [5.74, 6) is 1.10. The second-order valence-corrected chi connectivity index (χ2v) is 4.31. The molecule has 5 nitrogen and oxygen atoms in total. The highest BCUT2D eigenvalue weighted by Crippen LogP contribution is 2.22. The van der Waals surface area contributed by atoms with Gasteiger partial charge in [-0.2, -0.15) is 4.98 Å². The number of hydrogen-bond donors (Lipinski definition) is 1. The van der Waals surface area contributed by atoms with Crippen LogP contribution in [0.15, 0.2) is 36.5 Å². The van der Waals surface area contributed by atoms with Crippen molar-refractivity contribution in [1.82, 2.24) is 9.97 Å². The first-order valence-corrected chi connectivity index (χ1v) is 5.90. The minimum Gasteiger partial charge on any atom is -0.439 e. The summed E-state index contributed by atoms with van der Waals surface area (Å²) in [6.07, 6.45) is 1.27. The molecule has 1 aliphatic heterocycles. The average Bonchev–Trinajstić information content (AvgIpc) is 2.38. The Kier molecular flexibility index (Phi) is 3.00. The van der Waals surface area contributed by atoms with Crippen LogP contribution >= 0.6 is 0 Å². The number of aliphatic hydroxyl groups is 1. The normalized spacial score (nSPS) is 15.2. The van der Waals surface area contributed by atoms with Crippen molar-refractivity contribution < 1.29 is 14.2 Å². The summed E-state index contributed by atoms with van der Waals surface area (Å²) in [6.45, 7) is 1.06. The molecule has 0 atom stereocenters. The van der Waals surface area contributed by atoms with E-state index in [1.807, 2.05) is 4.90 Å². The fourth-order valence-corrected chi connectivity index (χ4v) is 1.78. The van der Waals surface area contributed by atoms with Crippen LogP contribution in [0.3, 0.4) is 0 Å². The molecule has 6 heteroatoms. The molecule has 2 heterocycles. The Morgan fingerprint density at radius 3 is 2.63 bits per heavy atom. The lowest BCUT2D eigenvalue weighted by molar-refractivity contribution is 0.140. The van der Waals surface area contributed by atoms with Gasteiger partial charge in [0.1, 0.15) is 11.6 Å². The highest BCUT2D eigenvalue weighted by molar-refractivity contribution is 5.37. The van der Waals surface area contributed by atoms with E-state index >= 15 is 0 Å². The van der Waals surface area contributed by atoms with Gasteiger partial charge >= 0.3 is 0 Å². The van der Waals surface area contributed by atoms with E-state index in [1.165, 1.54) is 24.3 Å². The van der Waals surface area contributed by atoms with Crippen molar-refractivity contribution in [2.45, 2.75) is 6.10 Å². The number of ether oxygens (including phenoxy) is 1. The molecule has 1 aliphatic rings. The molecule has 1 N–H and O–H groups in total. The van der Waals surface area contributed by atoms with Crippen LogP contribution in [0, 0.1) is 5.82 Å². The smallest absolute Gasteiger partial charge is 0.228 e. The summed E-state index contributed by atoms with van der Waals surface area (Å²) in [7, 11) is 0. The van der Waals surface area contributed by atoms with E-state index in [9.17, 15) is 9.50 Å². The molecule has 0 aliphatic carbocycles. The maximum absolute atomic E-state index is 12.8. The number of rotatable bonds is 3. The van der Waals surface area contributed by atoms with E-state index in [2.05, 4.69) is 9.97 Å². The Morgan fingerprint density at radius 2 is 1.95 bits per heavy atom. The second-order valence-electron chi connectivity index (χ2n) is 4.31. The van der Waals surface area contributed by atoms with Gasteiger partial charge in [-0.1, -0.05) is 0 Å². The fourth-order valence-electron chi connectivity index (χ4n) is 1.78. The molecule has 0 spiro atoms. The molecule has 3 rings (SSSR count). The summed E-state index contributed by atoms with van der Waals surface area (Å²) < 4.78 is 18.3. The van der Waals surface area contributed by atoms with Gasteiger partial charge in [0.2, 0.25) is 11.8 Å². The second kappa shape index (κ2) is 4.81. The molecule has 0 saturated carbocycles. The zero-order valence-electron chi connectivity index (χ0n) is 10.0. The number of halogens is 1. The molecular formula is C13H12FN3O2. The van der Waals surface area contributed by atoms with Crippen molar-refractivity contribution in [2.75, 3.05) is 18.0 Å². The predicted octanol–water partition coefficient (Wildman–Crippen LogP) is 1.59. The number of benzene rings is 1. The molecule has 0 amide bonds. The molecule has 1 saturated heterocycles. The molecule has 19 heavy (non-hydrogen) atoms. The molecular weight excluding hydrogens is 249 g/mol. The zero-order chi connectivity index (χ0) is 13.2. The number of anilines is 1. The van der Waals surface area contributed by atoms with Crippen LogP contribution in [-0.2, 0) is 0 Å². The molecule has 2 aromatic rings. The highest BCUT2D eigenvalue weighted by Gasteiger charge is 2.26. The van der Waals surface area contributed by atoms with E-state index in [0.29, 0.717) is 30.7 Å². The summed E-state index contributed by atoms with van der Waals surface area (Å²) in [6, 6.07) is 7.34. The lowest BCUT2D eigenvalue weighted by Gasteiger charge is -2.35. The van der Waals surface area contributed by atoms with Gasteiger partial charge < -0.3 is 14.7 Å². The van der Waals surface area contributed by atoms with Gasteiger partial charge in [0.05, 0.1) is 6.10 Å². The van der Waals surface area contributed by atoms with E-state index in [0.717, 1.165) is 0 Å². The summed E-state index contributed by atoms with van der Waals surface area (Å²) in [5.41, 5.74) is 0. The van der Waals surface area contributed by atoms with Gasteiger partial charge in [0.25, 0.3) is 0 Å². The van der Waals surface area contributed by atoms with Gasteiger partial charge in [-0.15, -0.1) is 0 Å². The average molecular weight is 261 g/mol. The van der Waals surface area contributed by atoms with E-state index in [-0.39, 0.29) is 11.9 Å². The van der Waals surface area contributed by atoms with E-state index < -0.39 is 0 Å². The fraction of sp³-hybridized carbons (Fsp3) is 0.231. The van der Waals surface area contributed by atoms with E-state index in [1.54, 1.807) is 12.3 Å². The number of nitrogens with zero attached hydrogens (tertiary/aromatic N) is 3. The van der Waals surface area contributed by atoms with E-state index in [4.69, 9.17) is 4.74 Å². The Labute approximate surface area is 109 Å². The number of β-amino-alcohol motifs (C(OH)–C–C–N with tert-alkyl or cyclic N) is 1. The van der Waals surface area contributed by atoms with Crippen molar-refractivity contribution in [1.29, 1.82) is 0 Å². The minimum absolute atomic E-state index is 0.315. The SMILES string of the molecule is OC1CN(c2nccc(Oc3ccc(F)cc3)n2)C1. The van der Waals surface area contributed by atoms with Crippen LogP contribution < -0.4 is 9.64 Å². The van der Waals surface area contributed by atoms with Crippen LogP contribution in [0.4, 0.5) is 10.3 Å². The third-order valence-corrected chi connectivity index (χ3v) is 2.80. The summed E-state index contributed by atoms with van der Waals surface area (Å²) in [4.78, 5) is 10.2. The molecule has 0 unspecified atom stereocenters. The topological polar surface area (TPSA) is 58.5 Å². The Balaban J connectivity index is 1.74. The first-order chi connectivity index (χ1) is 9.20. The third kappa shape index (κ3) is 2.63. The van der Waals surface area contributed by atoms with Crippen molar-refractivity contribution in [3.8, 4) is 11.6 Å². The Hall–Kier alpha value is -2.21. The number of aromatic nitrogens is 2. The van der Waals surface area contributed by atoms with Crippen molar-refractivity contribution >= 4 is 5.95 Å². The Morgan fingerprint density at radius 1 is 1.21 bits per heavy atom. The minimum atomic E-state index is -0.315. The summed E-state index contributed by atoms with van der Waals surface area (Å²) >= 11 is 0. The Bertz CT molecular complexity index is 570. The first kappa shape index (κ1) is 11.9. The van der Waals surface area contributed by atoms with Crippen LogP contribution in [0.2, 0.25) is 0 Å². The monoisotopic (exact) mass is 261 g/mol. The molecule has 0 radical (unpaired) electrons. The molecule has 98 valence electrons. The maximum Gasteiger partial charge on any atom is 0.228 e. The largest absolute Gasteiger partial charge is 0.439 e. The van der Waals surface area contributed by atoms with Gasteiger partial charge in [-0.05, 0) is 24.3 Å². The lowest BCUT2D eigenvalue weighted by atomic mass is 10.2. The first-order valence-electron chi connectivity index (χ1n) is 5.90. The van der Waals surface area contributed by atoms with Crippen molar-refractivity contribution in [3.63, 3.8) is 0 Å². The van der Waals surface area contributed by atoms with Gasteiger partial charge in [0.15, 0.2) is 0 Å². The van der Waals surface area contributed by atoms with Crippen LogP contribution in [-0.4, -0.2) is 34.3 Å². The van der Waals surface area contributed by atoms with Crippen LogP contribution in [0.25, 0.3) is 0 Å². The number of hydrogen-bond acceptors (Lipinski definition) is 5. The molecule has 1 fully saturated rings. The van der Waals surface area contributed by atoms with Crippen LogP contribution in [0.1, 0.15) is 0 Å². The molecule has 1 aromatic carbocycles. The summed E-state index contributed by atoms with van der Waals surface area (Å²) in [5, 5.41) is 9.25. The quantitative estimate of drug-likeness (QED) is 0.909. The predicted molar refractivity (Wildman–Crippen MR) is 66.7 cm³/mol. The molecule has 0 bridgehead atoms. The van der Waals surface area contributed by atoms with Gasteiger partial charge in [0, 0.05) is 25.4 Å². The standard InChI is InChI=1S/C13H12FN3O2/c14-9-1-3-11(4-2-9)19-12-5-6-15-13(16-12)17-7-10(18)8-17/h1-6,10,18H,7-8H2. The number of aliphatic hydroxyl groups excluding tert-OH is 1.